The summed E-state index contributed by atoms with van der Waals surface area (Å²) in [4.78, 5) is 10.3. The summed E-state index contributed by atoms with van der Waals surface area (Å²) in [5, 5.41) is 7.51. The number of benzene rings is 13. The van der Waals surface area contributed by atoms with Gasteiger partial charge in [-0.05, 0) is 157 Å². The summed E-state index contributed by atoms with van der Waals surface area (Å²) >= 11 is 0. The van der Waals surface area contributed by atoms with Crippen molar-refractivity contribution in [2.75, 3.05) is 19.6 Å². The van der Waals surface area contributed by atoms with Crippen LogP contribution in [-0.4, -0.2) is 18.0 Å². The summed E-state index contributed by atoms with van der Waals surface area (Å²) < 4.78 is 2.58. The molecule has 4 aliphatic heterocycles. The van der Waals surface area contributed by atoms with Gasteiger partial charge in [0.05, 0.1) is 16.7 Å². The van der Waals surface area contributed by atoms with Crippen molar-refractivity contribution in [2.24, 2.45) is 0 Å². The molecule has 0 atom stereocenters. The highest BCUT2D eigenvalue weighted by Gasteiger charge is 2.49. The second-order valence-electron chi connectivity index (χ2n) is 24.4. The molecule has 0 saturated carbocycles. The SMILES string of the molecule is CC(C)(C)c1cc2c3c(c1)N(c1ccccc1)c1cc4c(cc1B3c1ccccc1N2c1ccccc1)B1c2ccccc2N(c2ccccc2)c2cc(-n3c5ccccc5c5c6ccccc6c6ccccc6c53)cc(c21)N4c1ccccc1. The highest BCUT2D eigenvalue weighted by Crippen LogP contribution is 2.51. The largest absolute Gasteiger partial charge is 0.311 e. The molecule has 1 aromatic heterocycles. The number of hydrogen-bond acceptors (Lipinski definition) is 4. The quantitative estimate of drug-likeness (QED) is 0.126. The predicted molar refractivity (Wildman–Crippen MR) is 363 cm³/mol. The van der Waals surface area contributed by atoms with Crippen LogP contribution in [0.1, 0.15) is 26.3 Å². The molecule has 0 unspecified atom stereocenters. The molecule has 398 valence electrons. The van der Waals surface area contributed by atoms with Gasteiger partial charge in [-0.1, -0.05) is 203 Å². The molecule has 7 heteroatoms. The third-order valence-corrected chi connectivity index (χ3v) is 18.8. The molecule has 0 saturated heterocycles. The van der Waals surface area contributed by atoms with Gasteiger partial charge in [0.1, 0.15) is 0 Å². The lowest BCUT2D eigenvalue weighted by atomic mass is 9.30. The van der Waals surface area contributed by atoms with Crippen LogP contribution in [0.3, 0.4) is 0 Å². The smallest absolute Gasteiger partial charge is 0.252 e. The molecule has 0 radical (unpaired) electrons. The van der Waals surface area contributed by atoms with E-state index in [2.05, 4.69) is 324 Å². The van der Waals surface area contributed by atoms with Crippen LogP contribution in [0.4, 0.5) is 68.2 Å². The lowest BCUT2D eigenvalue weighted by Crippen LogP contribution is -2.65. The average Bonchev–Trinajstić information content (AvgIpc) is 1.38. The van der Waals surface area contributed by atoms with Gasteiger partial charge in [0.2, 0.25) is 0 Å². The molecule has 0 bridgehead atoms. The van der Waals surface area contributed by atoms with Crippen LogP contribution >= 0.6 is 0 Å². The van der Waals surface area contributed by atoms with Crippen LogP contribution in [-0.2, 0) is 5.41 Å². The molecular weight excluding hydrogens is 1030 g/mol. The fourth-order valence-electron chi connectivity index (χ4n) is 15.3. The number of fused-ring (bicyclic) bond motifs is 16. The fraction of sp³-hybridized carbons (Fsp3) is 0.0513. The van der Waals surface area contributed by atoms with Gasteiger partial charge in [-0.15, -0.1) is 0 Å². The highest BCUT2D eigenvalue weighted by molar-refractivity contribution is 7.03. The van der Waals surface area contributed by atoms with E-state index in [0.29, 0.717) is 0 Å². The summed E-state index contributed by atoms with van der Waals surface area (Å²) in [6.45, 7) is 6.85. The van der Waals surface area contributed by atoms with Gasteiger partial charge in [0.15, 0.2) is 0 Å². The predicted octanol–water partition coefficient (Wildman–Crippen LogP) is 16.6. The summed E-state index contributed by atoms with van der Waals surface area (Å²) in [6.07, 6.45) is 0. The monoisotopic (exact) mass is 1080 g/mol. The highest BCUT2D eigenvalue weighted by atomic mass is 15.2. The van der Waals surface area contributed by atoms with Crippen molar-refractivity contribution in [3.63, 3.8) is 0 Å². The number of hydrogen-bond donors (Lipinski definition) is 0. The molecule has 13 aromatic carbocycles. The van der Waals surface area contributed by atoms with E-state index in [4.69, 9.17) is 0 Å². The minimum Gasteiger partial charge on any atom is -0.311 e. The van der Waals surface area contributed by atoms with Gasteiger partial charge < -0.3 is 24.2 Å². The molecule has 0 amide bonds. The molecule has 5 heterocycles. The number of nitrogens with zero attached hydrogens (tertiary/aromatic N) is 5. The topological polar surface area (TPSA) is 17.9 Å². The lowest BCUT2D eigenvalue weighted by Gasteiger charge is -2.47. The number of aromatic nitrogens is 1. The van der Waals surface area contributed by atoms with Crippen LogP contribution in [0.5, 0.6) is 0 Å². The molecule has 0 N–H and O–H groups in total. The van der Waals surface area contributed by atoms with Crippen LogP contribution < -0.4 is 52.4 Å². The second-order valence-corrected chi connectivity index (χ2v) is 24.4. The Morgan fingerprint density at radius 3 is 1.11 bits per heavy atom. The van der Waals surface area contributed by atoms with E-state index < -0.39 is 0 Å². The first-order valence-electron chi connectivity index (χ1n) is 29.8. The first-order chi connectivity index (χ1) is 41.9. The van der Waals surface area contributed by atoms with Crippen molar-refractivity contribution >= 4 is 158 Å². The Balaban J connectivity index is 0.988. The molecule has 4 aliphatic rings. The first-order valence-corrected chi connectivity index (χ1v) is 29.8. The molecule has 85 heavy (non-hydrogen) atoms. The molecule has 0 spiro atoms. The summed E-state index contributed by atoms with van der Waals surface area (Å²) in [7, 11) is 0. The third kappa shape index (κ3) is 6.84. The van der Waals surface area contributed by atoms with E-state index in [1.165, 1.54) is 116 Å². The van der Waals surface area contributed by atoms with Crippen molar-refractivity contribution in [2.45, 2.75) is 26.2 Å². The van der Waals surface area contributed by atoms with Gasteiger partial charge in [0, 0.05) is 84.4 Å². The zero-order chi connectivity index (χ0) is 56.2. The zero-order valence-electron chi connectivity index (χ0n) is 47.4. The van der Waals surface area contributed by atoms with Gasteiger partial charge in [0.25, 0.3) is 13.4 Å². The van der Waals surface area contributed by atoms with Crippen molar-refractivity contribution in [3.8, 4) is 5.69 Å². The summed E-state index contributed by atoms with van der Waals surface area (Å²) in [5.74, 6) is 0. The molecule has 5 nitrogen and oxygen atoms in total. The minimum atomic E-state index is -0.153. The maximum absolute atomic E-state index is 2.64. The van der Waals surface area contributed by atoms with E-state index in [-0.39, 0.29) is 18.8 Å². The first kappa shape index (κ1) is 48.1. The van der Waals surface area contributed by atoms with E-state index in [1.54, 1.807) is 0 Å². The second kappa shape index (κ2) is 18.0. The van der Waals surface area contributed by atoms with Crippen molar-refractivity contribution < 1.29 is 0 Å². The number of anilines is 12. The number of para-hydroxylation sites is 7. The Morgan fingerprint density at radius 2 is 0.635 bits per heavy atom. The fourth-order valence-corrected chi connectivity index (χ4v) is 15.3. The zero-order valence-corrected chi connectivity index (χ0v) is 47.4. The van der Waals surface area contributed by atoms with Gasteiger partial charge in [-0.3, -0.25) is 0 Å². The summed E-state index contributed by atoms with van der Waals surface area (Å²) in [6, 6.07) is 105. The maximum atomic E-state index is 2.64. The van der Waals surface area contributed by atoms with E-state index in [9.17, 15) is 0 Å². The molecule has 14 aromatic rings. The molecule has 0 fully saturated rings. The Hall–Kier alpha value is -10.5. The average molecular weight is 1080 g/mol. The standard InChI is InChI=1S/C78H55B2N5/c1-78(2,3)50-44-70-75-71(45-50)83(53-30-12-6-13-31-53)68-49-69-64(48-63(68)79(75)61-39-21-24-42-66(61)81(70)51-26-8-4-9-27-51)80-62-40-22-25-43-67(62)82(52-28-10-5-11-29-52)72-46-55(47-73(76(72)80)84(69)54-32-14-7-15-33-54)85-65-41-23-20-38-60(65)74-58-36-18-16-34-56(58)57-35-17-19-37-59(57)77(74)85/h4-49H,1-3H3. The van der Waals surface area contributed by atoms with Gasteiger partial charge >= 0.3 is 0 Å². The number of rotatable bonds is 5. The Morgan fingerprint density at radius 1 is 0.271 bits per heavy atom. The molecule has 0 aliphatic carbocycles. The van der Waals surface area contributed by atoms with Crippen molar-refractivity contribution in [3.05, 3.63) is 285 Å². The van der Waals surface area contributed by atoms with E-state index in [0.717, 1.165) is 39.8 Å². The lowest BCUT2D eigenvalue weighted by molar-refractivity contribution is 0.590. The Labute approximate surface area is 495 Å². The van der Waals surface area contributed by atoms with Crippen molar-refractivity contribution in [1.82, 2.24) is 4.57 Å². The van der Waals surface area contributed by atoms with Crippen molar-refractivity contribution in [1.29, 1.82) is 0 Å². The summed E-state index contributed by atoms with van der Waals surface area (Å²) in [5.41, 5.74) is 26.4. The minimum absolute atomic E-state index is 0.0790. The Bertz CT molecular complexity index is 5090. The van der Waals surface area contributed by atoms with Crippen LogP contribution in [0.2, 0.25) is 0 Å². The van der Waals surface area contributed by atoms with E-state index >= 15 is 0 Å². The Kier molecular flexibility index (Phi) is 10.2. The van der Waals surface area contributed by atoms with E-state index in [1.807, 2.05) is 0 Å². The molecular formula is C78H55B2N5. The third-order valence-electron chi connectivity index (χ3n) is 18.8. The normalized spacial score (nSPS) is 13.7. The maximum Gasteiger partial charge on any atom is 0.252 e. The van der Waals surface area contributed by atoms with Gasteiger partial charge in [-0.25, -0.2) is 0 Å². The molecule has 18 rings (SSSR count). The van der Waals surface area contributed by atoms with Crippen LogP contribution in [0, 0.1) is 0 Å². The van der Waals surface area contributed by atoms with Crippen LogP contribution in [0.25, 0.3) is 49.0 Å². The van der Waals surface area contributed by atoms with Gasteiger partial charge in [-0.2, -0.15) is 0 Å². The van der Waals surface area contributed by atoms with Crippen LogP contribution in [0.15, 0.2) is 279 Å².